The first-order chi connectivity index (χ1) is 9.13. The van der Waals surface area contributed by atoms with Crippen LogP contribution in [0.15, 0.2) is 36.4 Å². The van der Waals surface area contributed by atoms with Crippen LogP contribution in [0.4, 0.5) is 0 Å². The molecule has 102 valence electrons. The number of hydrogen-bond donors (Lipinski definition) is 2. The molecule has 0 spiro atoms. The van der Waals surface area contributed by atoms with Gasteiger partial charge in [0, 0.05) is 12.1 Å². The summed E-state index contributed by atoms with van der Waals surface area (Å²) < 4.78 is 5.10. The van der Waals surface area contributed by atoms with Crippen molar-refractivity contribution in [3.05, 3.63) is 42.0 Å². The van der Waals surface area contributed by atoms with E-state index in [-0.39, 0.29) is 12.5 Å². The minimum Gasteiger partial charge on any atom is -0.484 e. The second kappa shape index (κ2) is 7.92. The van der Waals surface area contributed by atoms with E-state index in [9.17, 15) is 9.59 Å². The highest BCUT2D eigenvalue weighted by Crippen LogP contribution is 2.11. The maximum atomic E-state index is 11.7. The molecule has 0 radical (unpaired) electrons. The largest absolute Gasteiger partial charge is 0.484 e. The van der Waals surface area contributed by atoms with E-state index in [1.807, 2.05) is 19.1 Å². The van der Waals surface area contributed by atoms with Crippen LogP contribution in [-0.2, 0) is 4.79 Å². The summed E-state index contributed by atoms with van der Waals surface area (Å²) in [4.78, 5) is 22.3. The molecule has 2 amide bonds. The SMILES string of the molecule is C/C=C/CCNC(=O)c1ccc(OCC(N)=O)cc1. The van der Waals surface area contributed by atoms with Gasteiger partial charge in [-0.15, -0.1) is 0 Å². The summed E-state index contributed by atoms with van der Waals surface area (Å²) in [6, 6.07) is 6.54. The molecule has 1 aromatic rings. The number of allylic oxidation sites excluding steroid dienone is 1. The molecule has 0 bridgehead atoms. The summed E-state index contributed by atoms with van der Waals surface area (Å²) in [6.07, 6.45) is 4.74. The lowest BCUT2D eigenvalue weighted by Crippen LogP contribution is -2.24. The molecule has 0 atom stereocenters. The predicted octanol–water partition coefficient (Wildman–Crippen LogP) is 1.25. The molecule has 1 rings (SSSR count). The molecule has 0 aliphatic carbocycles. The van der Waals surface area contributed by atoms with Crippen molar-refractivity contribution in [1.29, 1.82) is 0 Å². The van der Waals surface area contributed by atoms with Gasteiger partial charge in [-0.05, 0) is 37.6 Å². The van der Waals surface area contributed by atoms with E-state index in [1.54, 1.807) is 24.3 Å². The zero-order valence-corrected chi connectivity index (χ0v) is 10.9. The van der Waals surface area contributed by atoms with Gasteiger partial charge in [0.05, 0.1) is 0 Å². The molecule has 3 N–H and O–H groups in total. The second-order valence-electron chi connectivity index (χ2n) is 3.89. The van der Waals surface area contributed by atoms with E-state index in [0.29, 0.717) is 17.9 Å². The fraction of sp³-hybridized carbons (Fsp3) is 0.286. The van der Waals surface area contributed by atoms with E-state index in [2.05, 4.69) is 5.32 Å². The average Bonchev–Trinajstić information content (AvgIpc) is 2.41. The van der Waals surface area contributed by atoms with E-state index in [4.69, 9.17) is 10.5 Å². The zero-order valence-electron chi connectivity index (χ0n) is 10.9. The quantitative estimate of drug-likeness (QED) is 0.573. The number of rotatable bonds is 7. The third-order valence-electron chi connectivity index (χ3n) is 2.33. The van der Waals surface area contributed by atoms with Crippen LogP contribution >= 0.6 is 0 Å². The lowest BCUT2D eigenvalue weighted by atomic mass is 10.2. The van der Waals surface area contributed by atoms with Crippen LogP contribution in [0.3, 0.4) is 0 Å². The Balaban J connectivity index is 2.46. The fourth-order valence-corrected chi connectivity index (χ4v) is 1.39. The predicted molar refractivity (Wildman–Crippen MR) is 72.9 cm³/mol. The highest BCUT2D eigenvalue weighted by atomic mass is 16.5. The minimum atomic E-state index is -0.536. The molecule has 0 fully saturated rings. The van der Waals surface area contributed by atoms with E-state index >= 15 is 0 Å². The molecule has 0 aliphatic heterocycles. The van der Waals surface area contributed by atoms with Gasteiger partial charge in [0.25, 0.3) is 11.8 Å². The monoisotopic (exact) mass is 262 g/mol. The van der Waals surface area contributed by atoms with Crippen molar-refractivity contribution in [2.45, 2.75) is 13.3 Å². The Morgan fingerprint density at radius 2 is 2.00 bits per heavy atom. The van der Waals surface area contributed by atoms with E-state index in [0.717, 1.165) is 6.42 Å². The topological polar surface area (TPSA) is 81.4 Å². The number of nitrogens with one attached hydrogen (secondary N) is 1. The Morgan fingerprint density at radius 3 is 2.58 bits per heavy atom. The molecule has 19 heavy (non-hydrogen) atoms. The highest BCUT2D eigenvalue weighted by molar-refractivity contribution is 5.94. The third kappa shape index (κ3) is 5.72. The molecule has 5 heteroatoms. The van der Waals surface area contributed by atoms with Crippen LogP contribution < -0.4 is 15.8 Å². The number of hydrogen-bond acceptors (Lipinski definition) is 3. The van der Waals surface area contributed by atoms with E-state index < -0.39 is 5.91 Å². The number of amides is 2. The average molecular weight is 262 g/mol. The Bertz CT molecular complexity index is 452. The van der Waals surface area contributed by atoms with Gasteiger partial charge in [-0.2, -0.15) is 0 Å². The van der Waals surface area contributed by atoms with Gasteiger partial charge in [-0.25, -0.2) is 0 Å². The summed E-state index contributed by atoms with van der Waals surface area (Å²) in [5, 5.41) is 2.80. The molecular formula is C14H18N2O3. The Labute approximate surface area is 112 Å². The summed E-state index contributed by atoms with van der Waals surface area (Å²) in [5.74, 6) is -0.166. The number of nitrogens with two attached hydrogens (primary N) is 1. The first-order valence-corrected chi connectivity index (χ1v) is 6.04. The van der Waals surface area contributed by atoms with Crippen LogP contribution in [-0.4, -0.2) is 25.0 Å². The number of benzene rings is 1. The van der Waals surface area contributed by atoms with Crippen molar-refractivity contribution in [3.63, 3.8) is 0 Å². The van der Waals surface area contributed by atoms with Crippen molar-refractivity contribution in [2.24, 2.45) is 5.73 Å². The Morgan fingerprint density at radius 1 is 1.32 bits per heavy atom. The van der Waals surface area contributed by atoms with Crippen LogP contribution in [0, 0.1) is 0 Å². The lowest BCUT2D eigenvalue weighted by Gasteiger charge is -2.06. The minimum absolute atomic E-state index is 0.133. The lowest BCUT2D eigenvalue weighted by molar-refractivity contribution is -0.119. The van der Waals surface area contributed by atoms with Gasteiger partial charge >= 0.3 is 0 Å². The van der Waals surface area contributed by atoms with Crippen LogP contribution in [0.5, 0.6) is 5.75 Å². The molecule has 0 unspecified atom stereocenters. The molecule has 0 heterocycles. The second-order valence-corrected chi connectivity index (χ2v) is 3.89. The highest BCUT2D eigenvalue weighted by Gasteiger charge is 2.04. The van der Waals surface area contributed by atoms with Gasteiger partial charge in [-0.1, -0.05) is 12.2 Å². The van der Waals surface area contributed by atoms with Crippen molar-refractivity contribution in [1.82, 2.24) is 5.32 Å². The molecule has 1 aromatic carbocycles. The standard InChI is InChI=1S/C14H18N2O3/c1-2-3-4-9-16-14(18)11-5-7-12(8-6-11)19-10-13(15)17/h2-3,5-8H,4,9-10H2,1H3,(H2,15,17)(H,16,18)/b3-2+. The first kappa shape index (κ1) is 14.8. The van der Waals surface area contributed by atoms with Gasteiger partial charge < -0.3 is 15.8 Å². The van der Waals surface area contributed by atoms with Crippen LogP contribution in [0.1, 0.15) is 23.7 Å². The van der Waals surface area contributed by atoms with Crippen LogP contribution in [0.2, 0.25) is 0 Å². The number of carbonyl (C=O) groups excluding carboxylic acids is 2. The van der Waals surface area contributed by atoms with Crippen molar-refractivity contribution >= 4 is 11.8 Å². The normalized spacial score (nSPS) is 10.4. The van der Waals surface area contributed by atoms with Gasteiger partial charge in [0.2, 0.25) is 0 Å². The summed E-state index contributed by atoms with van der Waals surface area (Å²) in [5.41, 5.74) is 5.51. The molecular weight excluding hydrogens is 244 g/mol. The fourth-order valence-electron chi connectivity index (χ4n) is 1.39. The van der Waals surface area contributed by atoms with E-state index in [1.165, 1.54) is 0 Å². The van der Waals surface area contributed by atoms with Crippen molar-refractivity contribution in [2.75, 3.05) is 13.2 Å². The molecule has 0 saturated carbocycles. The van der Waals surface area contributed by atoms with Crippen LogP contribution in [0.25, 0.3) is 0 Å². The molecule has 0 saturated heterocycles. The summed E-state index contributed by atoms with van der Waals surface area (Å²) in [7, 11) is 0. The van der Waals surface area contributed by atoms with Gasteiger partial charge in [-0.3, -0.25) is 9.59 Å². The summed E-state index contributed by atoms with van der Waals surface area (Å²) in [6.45, 7) is 2.37. The smallest absolute Gasteiger partial charge is 0.255 e. The van der Waals surface area contributed by atoms with Crippen molar-refractivity contribution in [3.8, 4) is 5.75 Å². The third-order valence-corrected chi connectivity index (χ3v) is 2.33. The van der Waals surface area contributed by atoms with Gasteiger partial charge in [0.1, 0.15) is 5.75 Å². The van der Waals surface area contributed by atoms with Crippen molar-refractivity contribution < 1.29 is 14.3 Å². The summed E-state index contributed by atoms with van der Waals surface area (Å²) >= 11 is 0. The first-order valence-electron chi connectivity index (χ1n) is 6.04. The van der Waals surface area contributed by atoms with Gasteiger partial charge in [0.15, 0.2) is 6.61 Å². The molecule has 0 aromatic heterocycles. The molecule has 0 aliphatic rings. The maximum Gasteiger partial charge on any atom is 0.255 e. The maximum absolute atomic E-state index is 11.7. The Kier molecular flexibility index (Phi) is 6.15. The zero-order chi connectivity index (χ0) is 14.1. The number of primary amides is 1. The number of ether oxygens (including phenoxy) is 1. The Hall–Kier alpha value is -2.30. The number of carbonyl (C=O) groups is 2. The molecule has 5 nitrogen and oxygen atoms in total.